The summed E-state index contributed by atoms with van der Waals surface area (Å²) in [6.07, 6.45) is 4.73. The molecule has 6 heteroatoms. The molecule has 4 rings (SSSR count). The lowest BCUT2D eigenvalue weighted by atomic mass is 9.97. The lowest BCUT2D eigenvalue weighted by Crippen LogP contribution is -2.30. The van der Waals surface area contributed by atoms with Gasteiger partial charge in [0.2, 0.25) is 5.91 Å². The van der Waals surface area contributed by atoms with Crippen LogP contribution in [0.25, 0.3) is 10.2 Å². The summed E-state index contributed by atoms with van der Waals surface area (Å²) in [7, 11) is 0. The quantitative estimate of drug-likeness (QED) is 0.502. The van der Waals surface area contributed by atoms with Gasteiger partial charge in [-0.3, -0.25) is 4.79 Å². The molecular formula is C21H23N3OS2. The van der Waals surface area contributed by atoms with Crippen LogP contribution in [0.2, 0.25) is 0 Å². The van der Waals surface area contributed by atoms with Crippen LogP contribution in [0, 0.1) is 6.92 Å². The largest absolute Gasteiger partial charge is 0.351 e. The van der Waals surface area contributed by atoms with Gasteiger partial charge in [-0.05, 0) is 50.7 Å². The Balaban J connectivity index is 1.53. The third-order valence-corrected chi connectivity index (χ3v) is 7.13. The number of nitrogens with one attached hydrogen (secondary N) is 1. The van der Waals surface area contributed by atoms with Crippen LogP contribution in [-0.2, 0) is 24.2 Å². The van der Waals surface area contributed by atoms with Crippen LogP contribution in [0.5, 0.6) is 0 Å². The van der Waals surface area contributed by atoms with E-state index in [1.165, 1.54) is 28.7 Å². The molecule has 1 amide bonds. The molecule has 0 bridgehead atoms. The first kappa shape index (κ1) is 18.4. The van der Waals surface area contributed by atoms with E-state index in [-0.39, 0.29) is 11.2 Å². The lowest BCUT2D eigenvalue weighted by Gasteiger charge is -2.14. The number of fused-ring (bicyclic) bond motifs is 3. The molecule has 27 heavy (non-hydrogen) atoms. The molecule has 1 aliphatic rings. The maximum Gasteiger partial charge on any atom is 0.233 e. The van der Waals surface area contributed by atoms with Crippen molar-refractivity contribution in [2.45, 2.75) is 56.4 Å². The molecule has 1 aromatic carbocycles. The fourth-order valence-corrected chi connectivity index (χ4v) is 5.88. The van der Waals surface area contributed by atoms with E-state index in [0.29, 0.717) is 6.54 Å². The highest BCUT2D eigenvalue weighted by atomic mass is 32.2. The van der Waals surface area contributed by atoms with E-state index in [1.807, 2.05) is 44.2 Å². The molecule has 140 valence electrons. The van der Waals surface area contributed by atoms with Crippen molar-refractivity contribution in [1.29, 1.82) is 0 Å². The highest BCUT2D eigenvalue weighted by molar-refractivity contribution is 8.00. The van der Waals surface area contributed by atoms with Crippen LogP contribution < -0.4 is 5.32 Å². The average molecular weight is 398 g/mol. The summed E-state index contributed by atoms with van der Waals surface area (Å²) in [5, 5.41) is 4.98. The number of aromatic nitrogens is 2. The number of nitrogens with zero attached hydrogens (tertiary/aromatic N) is 2. The monoisotopic (exact) mass is 397 g/mol. The maximum absolute atomic E-state index is 12.6. The Hall–Kier alpha value is -1.92. The predicted octanol–water partition coefficient (Wildman–Crippen LogP) is 4.68. The first-order valence-electron chi connectivity index (χ1n) is 9.39. The van der Waals surface area contributed by atoms with Crippen molar-refractivity contribution in [3.8, 4) is 0 Å². The summed E-state index contributed by atoms with van der Waals surface area (Å²) in [5.41, 5.74) is 2.52. The summed E-state index contributed by atoms with van der Waals surface area (Å²) in [5.74, 6) is 0.817. The number of thiophene rings is 1. The Labute approximate surface area is 167 Å². The van der Waals surface area contributed by atoms with Gasteiger partial charge in [0, 0.05) is 16.8 Å². The van der Waals surface area contributed by atoms with Crippen molar-refractivity contribution in [2.24, 2.45) is 0 Å². The standard InChI is InChI=1S/C21H23N3OS2/c1-13(19(25)22-12-15-8-4-3-5-9-15)26-20-18-16-10-6-7-11-17(16)27-21(18)24-14(2)23-20/h3-5,8-9,13H,6-7,10-12H2,1-2H3,(H,22,25)/t13-/m0/s1. The molecule has 2 aromatic heterocycles. The Morgan fingerprint density at radius 2 is 2.00 bits per heavy atom. The van der Waals surface area contributed by atoms with Gasteiger partial charge < -0.3 is 5.32 Å². The highest BCUT2D eigenvalue weighted by Crippen LogP contribution is 2.40. The van der Waals surface area contributed by atoms with Gasteiger partial charge in [0.25, 0.3) is 0 Å². The predicted molar refractivity (Wildman–Crippen MR) is 112 cm³/mol. The zero-order valence-electron chi connectivity index (χ0n) is 15.6. The van der Waals surface area contributed by atoms with Gasteiger partial charge >= 0.3 is 0 Å². The lowest BCUT2D eigenvalue weighted by molar-refractivity contribution is -0.120. The van der Waals surface area contributed by atoms with Crippen LogP contribution >= 0.6 is 23.1 Å². The Bertz CT molecular complexity index is 968. The van der Waals surface area contributed by atoms with Gasteiger partial charge in [-0.25, -0.2) is 9.97 Å². The molecule has 1 N–H and O–H groups in total. The molecule has 0 aliphatic heterocycles. The van der Waals surface area contributed by atoms with E-state index in [4.69, 9.17) is 4.98 Å². The van der Waals surface area contributed by atoms with E-state index in [2.05, 4.69) is 10.3 Å². The molecular weight excluding hydrogens is 374 g/mol. The molecule has 0 fully saturated rings. The fraction of sp³-hybridized carbons (Fsp3) is 0.381. The Kier molecular flexibility index (Phi) is 5.45. The fourth-order valence-electron chi connectivity index (χ4n) is 3.46. The van der Waals surface area contributed by atoms with E-state index in [1.54, 1.807) is 23.1 Å². The smallest absolute Gasteiger partial charge is 0.233 e. The third kappa shape index (κ3) is 4.01. The number of hydrogen-bond acceptors (Lipinski definition) is 5. The summed E-state index contributed by atoms with van der Waals surface area (Å²) < 4.78 is 0. The van der Waals surface area contributed by atoms with E-state index >= 15 is 0 Å². The summed E-state index contributed by atoms with van der Waals surface area (Å²) in [4.78, 5) is 24.5. The third-order valence-electron chi connectivity index (χ3n) is 4.86. The molecule has 0 radical (unpaired) electrons. The van der Waals surface area contributed by atoms with Crippen LogP contribution in [0.1, 0.15) is 41.6 Å². The second kappa shape index (κ2) is 7.98. The number of aryl methyl sites for hydroxylation is 3. The van der Waals surface area contributed by atoms with Crippen LogP contribution in [-0.4, -0.2) is 21.1 Å². The molecule has 4 nitrogen and oxygen atoms in total. The van der Waals surface area contributed by atoms with Gasteiger partial charge in [0.15, 0.2) is 0 Å². The zero-order chi connectivity index (χ0) is 18.8. The number of hydrogen-bond donors (Lipinski definition) is 1. The van der Waals surface area contributed by atoms with Gasteiger partial charge in [-0.1, -0.05) is 42.1 Å². The van der Waals surface area contributed by atoms with Gasteiger partial charge in [-0.2, -0.15) is 0 Å². The minimum absolute atomic E-state index is 0.0392. The number of carbonyl (C=O) groups is 1. The minimum atomic E-state index is -0.203. The highest BCUT2D eigenvalue weighted by Gasteiger charge is 2.23. The van der Waals surface area contributed by atoms with Crippen LogP contribution in [0.3, 0.4) is 0 Å². The molecule has 0 saturated carbocycles. The molecule has 0 spiro atoms. The topological polar surface area (TPSA) is 54.9 Å². The SMILES string of the molecule is Cc1nc(S[C@@H](C)C(=O)NCc2ccccc2)c2c3c(sc2n1)CCCC3. The number of amides is 1. The van der Waals surface area contributed by atoms with Crippen molar-refractivity contribution < 1.29 is 4.79 Å². The minimum Gasteiger partial charge on any atom is -0.351 e. The van der Waals surface area contributed by atoms with Crippen LogP contribution in [0.4, 0.5) is 0 Å². The number of benzene rings is 1. The molecule has 0 saturated heterocycles. The van der Waals surface area contributed by atoms with Crippen molar-refractivity contribution in [1.82, 2.24) is 15.3 Å². The number of rotatable bonds is 5. The Morgan fingerprint density at radius 1 is 1.22 bits per heavy atom. The summed E-state index contributed by atoms with van der Waals surface area (Å²) >= 11 is 3.36. The molecule has 1 atom stereocenters. The maximum atomic E-state index is 12.6. The van der Waals surface area contributed by atoms with Crippen molar-refractivity contribution in [2.75, 3.05) is 0 Å². The molecule has 2 heterocycles. The van der Waals surface area contributed by atoms with Crippen molar-refractivity contribution in [3.63, 3.8) is 0 Å². The van der Waals surface area contributed by atoms with Crippen molar-refractivity contribution >= 4 is 39.2 Å². The molecule has 3 aromatic rings. The van der Waals surface area contributed by atoms with E-state index in [0.717, 1.165) is 34.1 Å². The first-order chi connectivity index (χ1) is 13.1. The first-order valence-corrected chi connectivity index (χ1v) is 11.1. The Morgan fingerprint density at radius 3 is 2.81 bits per heavy atom. The van der Waals surface area contributed by atoms with Gasteiger partial charge in [-0.15, -0.1) is 11.3 Å². The van der Waals surface area contributed by atoms with Crippen molar-refractivity contribution in [3.05, 3.63) is 52.2 Å². The molecule has 0 unspecified atom stereocenters. The summed E-state index contributed by atoms with van der Waals surface area (Å²) in [6, 6.07) is 9.99. The number of thioether (sulfide) groups is 1. The van der Waals surface area contributed by atoms with Crippen LogP contribution in [0.15, 0.2) is 35.4 Å². The van der Waals surface area contributed by atoms with Gasteiger partial charge in [0.05, 0.1) is 5.25 Å². The molecule has 1 aliphatic carbocycles. The number of carbonyl (C=O) groups excluding carboxylic acids is 1. The average Bonchev–Trinajstić information content (AvgIpc) is 3.05. The normalized spacial score (nSPS) is 14.7. The summed E-state index contributed by atoms with van der Waals surface area (Å²) in [6.45, 7) is 4.44. The second-order valence-corrected chi connectivity index (χ2v) is 9.34. The van der Waals surface area contributed by atoms with Gasteiger partial charge in [0.1, 0.15) is 15.7 Å². The second-order valence-electron chi connectivity index (χ2n) is 6.93. The van der Waals surface area contributed by atoms with E-state index < -0.39 is 0 Å². The zero-order valence-corrected chi connectivity index (χ0v) is 17.3. The van der Waals surface area contributed by atoms with E-state index in [9.17, 15) is 4.79 Å².